The number of likely N-dealkylation sites (tertiary alicyclic amines) is 1. The van der Waals surface area contributed by atoms with Crippen LogP contribution >= 0.6 is 27.7 Å². The molecule has 1 aromatic heterocycles. The van der Waals surface area contributed by atoms with Gasteiger partial charge in [0.2, 0.25) is 11.8 Å². The van der Waals surface area contributed by atoms with Gasteiger partial charge in [0.25, 0.3) is 5.22 Å². The fourth-order valence-electron chi connectivity index (χ4n) is 3.26. The predicted octanol–water partition coefficient (Wildman–Crippen LogP) is 3.33. The van der Waals surface area contributed by atoms with Gasteiger partial charge in [0.05, 0.1) is 11.3 Å². The van der Waals surface area contributed by atoms with Crippen molar-refractivity contribution in [2.75, 3.05) is 18.8 Å². The maximum atomic E-state index is 12.2. The third kappa shape index (κ3) is 4.47. The highest BCUT2D eigenvalue weighted by atomic mass is 79.9. The number of aromatic nitrogens is 2. The molecule has 1 amide bonds. The van der Waals surface area contributed by atoms with E-state index in [1.54, 1.807) is 0 Å². The van der Waals surface area contributed by atoms with Crippen LogP contribution in [-0.2, 0) is 4.79 Å². The molecule has 0 bridgehead atoms. The number of amides is 1. The lowest BCUT2D eigenvalue weighted by Crippen LogP contribution is -2.45. The van der Waals surface area contributed by atoms with Gasteiger partial charge in [0.15, 0.2) is 0 Å². The lowest BCUT2D eigenvalue weighted by atomic mass is 10.1. The lowest BCUT2D eigenvalue weighted by molar-refractivity contribution is -0.119. The SMILES string of the molecule is O=C(CSc1nnc(-c2ccccc2Br)o1)NC1CCN(C2CC2)CC1. The number of nitrogens with one attached hydrogen (secondary N) is 1. The van der Waals surface area contributed by atoms with E-state index in [9.17, 15) is 4.79 Å². The molecule has 1 saturated carbocycles. The summed E-state index contributed by atoms with van der Waals surface area (Å²) in [5, 5.41) is 11.6. The van der Waals surface area contributed by atoms with Crippen LogP contribution in [0.15, 0.2) is 38.4 Å². The molecule has 26 heavy (non-hydrogen) atoms. The van der Waals surface area contributed by atoms with E-state index in [1.165, 1.54) is 24.6 Å². The Hall–Kier alpha value is -1.38. The van der Waals surface area contributed by atoms with Crippen molar-refractivity contribution in [2.24, 2.45) is 0 Å². The van der Waals surface area contributed by atoms with Crippen molar-refractivity contribution in [1.29, 1.82) is 0 Å². The molecule has 0 spiro atoms. The summed E-state index contributed by atoms with van der Waals surface area (Å²) in [6.45, 7) is 2.20. The fraction of sp³-hybridized carbons (Fsp3) is 0.500. The van der Waals surface area contributed by atoms with Crippen molar-refractivity contribution in [3.05, 3.63) is 28.7 Å². The number of hydrogen-bond acceptors (Lipinski definition) is 6. The van der Waals surface area contributed by atoms with Crippen molar-refractivity contribution >= 4 is 33.6 Å². The Kier molecular flexibility index (Phi) is 5.61. The second kappa shape index (κ2) is 8.10. The van der Waals surface area contributed by atoms with Crippen LogP contribution in [0.3, 0.4) is 0 Å². The molecular formula is C18H21BrN4O2S. The first kappa shape index (κ1) is 18.0. The average molecular weight is 437 g/mol. The Morgan fingerprint density at radius 3 is 2.73 bits per heavy atom. The summed E-state index contributed by atoms with van der Waals surface area (Å²) < 4.78 is 6.56. The summed E-state index contributed by atoms with van der Waals surface area (Å²) in [6, 6.07) is 8.79. The third-order valence-electron chi connectivity index (χ3n) is 4.80. The highest BCUT2D eigenvalue weighted by Crippen LogP contribution is 2.30. The normalized spacial score (nSPS) is 18.8. The molecule has 0 atom stereocenters. The van der Waals surface area contributed by atoms with Crippen LogP contribution in [0.25, 0.3) is 11.5 Å². The Balaban J connectivity index is 1.24. The molecule has 2 fully saturated rings. The first-order valence-electron chi connectivity index (χ1n) is 8.93. The van der Waals surface area contributed by atoms with Crippen LogP contribution < -0.4 is 5.32 Å². The second-order valence-corrected chi connectivity index (χ2v) is 8.53. The van der Waals surface area contributed by atoms with Crippen LogP contribution in [0.2, 0.25) is 0 Å². The minimum Gasteiger partial charge on any atom is -0.411 e. The maximum absolute atomic E-state index is 12.2. The van der Waals surface area contributed by atoms with Gasteiger partial charge in [0, 0.05) is 29.6 Å². The molecule has 138 valence electrons. The van der Waals surface area contributed by atoms with Crippen LogP contribution in [0, 0.1) is 0 Å². The number of piperidine rings is 1. The highest BCUT2D eigenvalue weighted by molar-refractivity contribution is 9.10. The number of thioether (sulfide) groups is 1. The number of rotatable bonds is 6. The predicted molar refractivity (Wildman–Crippen MR) is 104 cm³/mol. The topological polar surface area (TPSA) is 71.3 Å². The molecule has 2 aromatic rings. The number of carbonyl (C=O) groups excluding carboxylic acids is 1. The summed E-state index contributed by atoms with van der Waals surface area (Å²) in [7, 11) is 0. The van der Waals surface area contributed by atoms with Gasteiger partial charge in [-0.15, -0.1) is 10.2 Å². The largest absolute Gasteiger partial charge is 0.411 e. The number of carbonyl (C=O) groups is 1. The summed E-state index contributed by atoms with van der Waals surface area (Å²) >= 11 is 4.75. The molecule has 1 aliphatic carbocycles. The summed E-state index contributed by atoms with van der Waals surface area (Å²) in [5.41, 5.74) is 0.846. The Morgan fingerprint density at radius 2 is 2.00 bits per heavy atom. The number of hydrogen-bond donors (Lipinski definition) is 1. The molecule has 0 radical (unpaired) electrons. The number of benzene rings is 1. The Morgan fingerprint density at radius 1 is 1.23 bits per heavy atom. The number of halogens is 1. The lowest BCUT2D eigenvalue weighted by Gasteiger charge is -2.32. The van der Waals surface area contributed by atoms with Crippen molar-refractivity contribution in [2.45, 2.75) is 43.0 Å². The van der Waals surface area contributed by atoms with Gasteiger partial charge in [-0.3, -0.25) is 4.79 Å². The van der Waals surface area contributed by atoms with E-state index in [4.69, 9.17) is 4.42 Å². The average Bonchev–Trinajstić information content (AvgIpc) is 3.39. The van der Waals surface area contributed by atoms with Crippen molar-refractivity contribution in [3.8, 4) is 11.5 Å². The molecule has 4 rings (SSSR count). The van der Waals surface area contributed by atoms with Crippen LogP contribution in [-0.4, -0.2) is 51.9 Å². The minimum atomic E-state index is 0.0283. The zero-order valence-electron chi connectivity index (χ0n) is 14.4. The van der Waals surface area contributed by atoms with Crippen LogP contribution in [0.4, 0.5) is 0 Å². The van der Waals surface area contributed by atoms with Crippen LogP contribution in [0.1, 0.15) is 25.7 Å². The minimum absolute atomic E-state index is 0.0283. The monoisotopic (exact) mass is 436 g/mol. The Bertz CT molecular complexity index is 772. The van der Waals surface area contributed by atoms with E-state index in [-0.39, 0.29) is 11.9 Å². The molecule has 8 heteroatoms. The quantitative estimate of drug-likeness (QED) is 0.700. The van der Waals surface area contributed by atoms with Gasteiger partial charge in [-0.1, -0.05) is 23.9 Å². The van der Waals surface area contributed by atoms with Gasteiger partial charge in [0.1, 0.15) is 0 Å². The smallest absolute Gasteiger partial charge is 0.277 e. The van der Waals surface area contributed by atoms with E-state index in [0.717, 1.165) is 42.0 Å². The third-order valence-corrected chi connectivity index (χ3v) is 6.31. The highest BCUT2D eigenvalue weighted by Gasteiger charge is 2.32. The van der Waals surface area contributed by atoms with Crippen molar-refractivity contribution in [3.63, 3.8) is 0 Å². The standard InChI is InChI=1S/C18H21BrN4O2S/c19-15-4-2-1-3-14(15)17-21-22-18(25-17)26-11-16(24)20-12-7-9-23(10-8-12)13-5-6-13/h1-4,12-13H,5-11H2,(H,20,24). The van der Waals surface area contributed by atoms with E-state index >= 15 is 0 Å². The van der Waals surface area contributed by atoms with Crippen LogP contribution in [0.5, 0.6) is 0 Å². The fourth-order valence-corrected chi connectivity index (χ4v) is 4.29. The second-order valence-electron chi connectivity index (χ2n) is 6.75. The Labute approximate surface area is 165 Å². The van der Waals surface area contributed by atoms with E-state index in [2.05, 4.69) is 36.3 Å². The molecule has 1 aliphatic heterocycles. The first-order chi connectivity index (χ1) is 12.7. The maximum Gasteiger partial charge on any atom is 0.277 e. The zero-order chi connectivity index (χ0) is 17.9. The van der Waals surface area contributed by atoms with Gasteiger partial charge in [-0.25, -0.2) is 0 Å². The van der Waals surface area contributed by atoms with E-state index < -0.39 is 0 Å². The first-order valence-corrected chi connectivity index (χ1v) is 10.7. The molecule has 1 N–H and O–H groups in total. The number of nitrogens with zero attached hydrogens (tertiary/aromatic N) is 3. The molecular weight excluding hydrogens is 416 g/mol. The van der Waals surface area contributed by atoms with Crippen molar-refractivity contribution in [1.82, 2.24) is 20.4 Å². The van der Waals surface area contributed by atoms with Gasteiger partial charge < -0.3 is 14.6 Å². The summed E-state index contributed by atoms with van der Waals surface area (Å²) in [6.07, 6.45) is 4.78. The molecule has 0 unspecified atom stereocenters. The van der Waals surface area contributed by atoms with E-state index in [1.807, 2.05) is 24.3 Å². The van der Waals surface area contributed by atoms with E-state index in [0.29, 0.717) is 16.9 Å². The summed E-state index contributed by atoms with van der Waals surface area (Å²) in [5.74, 6) is 0.772. The summed E-state index contributed by atoms with van der Waals surface area (Å²) in [4.78, 5) is 14.8. The zero-order valence-corrected chi connectivity index (χ0v) is 16.8. The van der Waals surface area contributed by atoms with Gasteiger partial charge >= 0.3 is 0 Å². The molecule has 2 heterocycles. The molecule has 6 nitrogen and oxygen atoms in total. The molecule has 1 saturated heterocycles. The van der Waals surface area contributed by atoms with Crippen molar-refractivity contribution < 1.29 is 9.21 Å². The molecule has 2 aliphatic rings. The van der Waals surface area contributed by atoms with Gasteiger partial charge in [-0.05, 0) is 53.7 Å². The van der Waals surface area contributed by atoms with Gasteiger partial charge in [-0.2, -0.15) is 0 Å². The molecule has 1 aromatic carbocycles.